The van der Waals surface area contributed by atoms with Gasteiger partial charge in [0.05, 0.1) is 0 Å². The molecule has 1 aliphatic rings. The van der Waals surface area contributed by atoms with Gasteiger partial charge in [0.2, 0.25) is 0 Å². The predicted molar refractivity (Wildman–Crippen MR) is 175 cm³/mol. The Bertz CT molecular complexity index is 1370. The van der Waals surface area contributed by atoms with Crippen LogP contribution in [0.4, 0.5) is 0 Å². The second-order valence-corrected chi connectivity index (χ2v) is 11.1. The van der Waals surface area contributed by atoms with Crippen molar-refractivity contribution in [2.75, 3.05) is 19.8 Å². The average molecular weight is 566 g/mol. The molecule has 8 heteroatoms. The Hall–Kier alpha value is -4.23. The number of para-hydroxylation sites is 2. The fourth-order valence-electron chi connectivity index (χ4n) is 5.19. The Morgan fingerprint density at radius 1 is 0.488 bits per heavy atom. The normalized spacial score (nSPS) is 12.3. The van der Waals surface area contributed by atoms with Crippen molar-refractivity contribution in [3.05, 3.63) is 146 Å². The first kappa shape index (κ1) is 28.9. The van der Waals surface area contributed by atoms with Crippen molar-refractivity contribution in [1.82, 2.24) is 0 Å². The second-order valence-electron chi connectivity index (χ2n) is 11.1. The molecule has 1 heterocycles. The minimum absolute atomic E-state index is 0.246. The summed E-state index contributed by atoms with van der Waals surface area (Å²) in [4.78, 5) is 0. The lowest BCUT2D eigenvalue weighted by Gasteiger charge is -2.32. The van der Waals surface area contributed by atoms with Crippen LogP contribution in [0.25, 0.3) is 0 Å². The van der Waals surface area contributed by atoms with E-state index in [9.17, 15) is 0 Å². The van der Waals surface area contributed by atoms with Gasteiger partial charge < -0.3 is 23.3 Å². The lowest BCUT2D eigenvalue weighted by molar-refractivity contribution is 0.0354. The summed E-state index contributed by atoms with van der Waals surface area (Å²) >= 11 is 0. The smallest absolute Gasteiger partial charge is 0.498 e. The molecular weight excluding hydrogens is 533 g/mol. The summed E-state index contributed by atoms with van der Waals surface area (Å²) in [7, 11) is -0.838. The zero-order valence-corrected chi connectivity index (χ0v) is 24.3. The number of fused-ring (bicyclic) bond motifs is 1. The topological polar surface area (TPSA) is 46.2 Å². The van der Waals surface area contributed by atoms with E-state index >= 15 is 0 Å². The van der Waals surface area contributed by atoms with Crippen LogP contribution in [-0.4, -0.2) is 41.0 Å². The van der Waals surface area contributed by atoms with E-state index in [4.69, 9.17) is 23.3 Å². The maximum absolute atomic E-state index is 6.76. The highest BCUT2D eigenvalue weighted by molar-refractivity contribution is 6.80. The fourth-order valence-corrected chi connectivity index (χ4v) is 5.19. The third-order valence-corrected chi connectivity index (χ3v) is 7.47. The third kappa shape index (κ3) is 7.41. The van der Waals surface area contributed by atoms with E-state index in [0.717, 1.165) is 21.9 Å². The summed E-state index contributed by atoms with van der Waals surface area (Å²) < 4.78 is 31.6. The van der Waals surface area contributed by atoms with Crippen LogP contribution < -0.4 is 31.2 Å². The minimum Gasteiger partial charge on any atom is -0.498 e. The number of hydrogen-bond donors (Lipinski definition) is 0. The van der Waals surface area contributed by atoms with Crippen LogP contribution in [0.1, 0.15) is 6.92 Å². The minimum atomic E-state index is -0.838. The number of benzene rings is 5. The van der Waals surface area contributed by atoms with E-state index < -0.39 is 12.7 Å². The molecule has 0 aliphatic carbocycles. The molecule has 212 valence electrons. The van der Waals surface area contributed by atoms with Crippen LogP contribution in [0.5, 0.6) is 11.5 Å². The van der Waals surface area contributed by atoms with Gasteiger partial charge in [-0.2, -0.15) is 0 Å². The van der Waals surface area contributed by atoms with Gasteiger partial charge in [-0.25, -0.2) is 0 Å². The quantitative estimate of drug-likeness (QED) is 0.201. The molecular formula is C35H33B3O5. The van der Waals surface area contributed by atoms with Crippen molar-refractivity contribution in [3.63, 3.8) is 0 Å². The fraction of sp³-hybridized carbons (Fsp3) is 0.143. The molecule has 43 heavy (non-hydrogen) atoms. The molecule has 5 aromatic rings. The zero-order chi connectivity index (χ0) is 29.3. The van der Waals surface area contributed by atoms with Crippen LogP contribution in [0.15, 0.2) is 146 Å². The van der Waals surface area contributed by atoms with E-state index in [1.54, 1.807) is 0 Å². The monoisotopic (exact) mass is 566 g/mol. The van der Waals surface area contributed by atoms with Crippen LogP contribution in [0, 0.1) is 5.41 Å². The molecule has 5 nitrogen and oxygen atoms in total. The summed E-state index contributed by atoms with van der Waals surface area (Å²) in [5.41, 5.74) is 3.79. The molecule has 0 saturated carbocycles. The maximum atomic E-state index is 6.76. The Balaban J connectivity index is 1.23. The highest BCUT2D eigenvalue weighted by atomic mass is 16.8. The molecule has 5 aromatic carbocycles. The van der Waals surface area contributed by atoms with Crippen LogP contribution in [0.2, 0.25) is 0 Å². The van der Waals surface area contributed by atoms with E-state index in [-0.39, 0.29) is 20.4 Å². The van der Waals surface area contributed by atoms with Gasteiger partial charge in [0.1, 0.15) is 11.5 Å². The summed E-state index contributed by atoms with van der Waals surface area (Å²) in [6, 6.07) is 48.7. The summed E-state index contributed by atoms with van der Waals surface area (Å²) in [6.45, 7) is 2.66. The molecule has 0 atom stereocenters. The first-order valence-corrected chi connectivity index (χ1v) is 14.6. The van der Waals surface area contributed by atoms with Gasteiger partial charge in [-0.1, -0.05) is 140 Å². The Kier molecular flexibility index (Phi) is 9.29. The van der Waals surface area contributed by atoms with Gasteiger partial charge in [-0.15, -0.1) is 0 Å². The summed E-state index contributed by atoms with van der Waals surface area (Å²) in [5.74, 6) is 1.34. The van der Waals surface area contributed by atoms with Gasteiger partial charge in [0.15, 0.2) is 0 Å². The van der Waals surface area contributed by atoms with Crippen molar-refractivity contribution in [2.45, 2.75) is 6.92 Å². The van der Waals surface area contributed by atoms with Crippen LogP contribution in [-0.2, 0) is 14.0 Å². The lowest BCUT2D eigenvalue weighted by Crippen LogP contribution is -2.51. The number of hydrogen-bond acceptors (Lipinski definition) is 5. The molecule has 0 bridgehead atoms. The van der Waals surface area contributed by atoms with Gasteiger partial charge in [-0.3, -0.25) is 0 Å². The second kappa shape index (κ2) is 13.8. The van der Waals surface area contributed by atoms with Crippen molar-refractivity contribution in [3.8, 4) is 11.5 Å². The molecule has 0 spiro atoms. The van der Waals surface area contributed by atoms with Crippen molar-refractivity contribution in [2.24, 2.45) is 5.41 Å². The molecule has 0 saturated heterocycles. The SMILES string of the molecule is CC(COB1Oc2ccccc2O1)(COB(c1ccccc1)c1ccccc1)COB(c1ccccc1)c1ccccc1. The third-order valence-electron chi connectivity index (χ3n) is 7.47. The zero-order valence-electron chi connectivity index (χ0n) is 24.3. The van der Waals surface area contributed by atoms with E-state index in [2.05, 4.69) is 55.5 Å². The van der Waals surface area contributed by atoms with E-state index in [1.807, 2.05) is 97.1 Å². The molecule has 0 unspecified atom stereocenters. The van der Waals surface area contributed by atoms with Crippen molar-refractivity contribution < 1.29 is 23.3 Å². The van der Waals surface area contributed by atoms with Gasteiger partial charge in [0.25, 0.3) is 0 Å². The van der Waals surface area contributed by atoms with Crippen LogP contribution in [0.3, 0.4) is 0 Å². The van der Waals surface area contributed by atoms with E-state index in [0.29, 0.717) is 24.7 Å². The molecule has 1 aliphatic heterocycles. The molecule has 0 radical (unpaired) electrons. The average Bonchev–Trinajstić information content (AvgIpc) is 3.50. The highest BCUT2D eigenvalue weighted by Crippen LogP contribution is 2.33. The van der Waals surface area contributed by atoms with Crippen LogP contribution >= 0.6 is 0 Å². The number of rotatable bonds is 13. The Morgan fingerprint density at radius 3 is 1.16 bits per heavy atom. The Labute approximate surface area is 255 Å². The van der Waals surface area contributed by atoms with Crippen molar-refractivity contribution >= 4 is 43.0 Å². The molecule has 0 aromatic heterocycles. The predicted octanol–water partition coefficient (Wildman–Crippen LogP) is 4.11. The summed E-state index contributed by atoms with van der Waals surface area (Å²) in [5, 5.41) is 0. The molecule has 6 rings (SSSR count). The van der Waals surface area contributed by atoms with E-state index in [1.165, 1.54) is 0 Å². The maximum Gasteiger partial charge on any atom is 0.788 e. The largest absolute Gasteiger partial charge is 0.788 e. The first-order chi connectivity index (χ1) is 21.2. The highest BCUT2D eigenvalue weighted by Gasteiger charge is 2.39. The Morgan fingerprint density at radius 2 is 0.814 bits per heavy atom. The molecule has 0 fully saturated rings. The van der Waals surface area contributed by atoms with Gasteiger partial charge >= 0.3 is 21.2 Å². The van der Waals surface area contributed by atoms with Crippen molar-refractivity contribution in [1.29, 1.82) is 0 Å². The lowest BCUT2D eigenvalue weighted by atomic mass is 9.55. The van der Waals surface area contributed by atoms with Gasteiger partial charge in [-0.05, 0) is 34.0 Å². The molecule has 0 N–H and O–H groups in total. The molecule has 0 amide bonds. The summed E-state index contributed by atoms with van der Waals surface area (Å²) in [6.07, 6.45) is 0. The standard InChI is InChI=1S/C35H33B3O5/c1-35(28-41-38-42-33-24-14-15-25-34(33)43-38,26-39-36(29-16-6-2-7-17-29)30-18-8-3-9-19-30)27-40-37(31-20-10-4-11-21-31)32-22-12-5-13-23-32/h2-25H,26-28H2,1H3. The first-order valence-electron chi connectivity index (χ1n) is 14.6. The van der Waals surface area contributed by atoms with Gasteiger partial charge in [0, 0.05) is 25.2 Å².